The minimum atomic E-state index is 0.515. The van der Waals surface area contributed by atoms with E-state index < -0.39 is 0 Å². The van der Waals surface area contributed by atoms with Gasteiger partial charge in [-0.25, -0.2) is 4.98 Å². The van der Waals surface area contributed by atoms with Crippen LogP contribution in [0, 0.1) is 0 Å². The average Bonchev–Trinajstić information content (AvgIpc) is 3.02. The average molecular weight is 331 g/mol. The maximum absolute atomic E-state index is 4.47. The van der Waals surface area contributed by atoms with Crippen molar-refractivity contribution in [1.29, 1.82) is 0 Å². The van der Waals surface area contributed by atoms with E-state index >= 15 is 0 Å². The molecule has 0 atom stereocenters. The van der Waals surface area contributed by atoms with E-state index in [2.05, 4.69) is 41.2 Å². The molecule has 20 heavy (non-hydrogen) atoms. The summed E-state index contributed by atoms with van der Waals surface area (Å²) in [5.41, 5.74) is 0.925. The predicted octanol–water partition coefficient (Wildman–Crippen LogP) is 2.53. The minimum Gasteiger partial charge on any atom is -0.357 e. The third-order valence-electron chi connectivity index (χ3n) is 2.68. The molecule has 3 rings (SSSR count). The van der Waals surface area contributed by atoms with Crippen LogP contribution >= 0.6 is 15.9 Å². The molecule has 7 heteroatoms. The molecule has 0 fully saturated rings. The van der Waals surface area contributed by atoms with Crippen molar-refractivity contribution in [2.75, 3.05) is 12.4 Å². The summed E-state index contributed by atoms with van der Waals surface area (Å²) < 4.78 is 2.75. The molecule has 1 aromatic carbocycles. The van der Waals surface area contributed by atoms with Crippen LogP contribution in [0.25, 0.3) is 17.3 Å². The van der Waals surface area contributed by atoms with E-state index in [1.807, 2.05) is 24.3 Å². The van der Waals surface area contributed by atoms with Crippen LogP contribution in [0.1, 0.15) is 0 Å². The van der Waals surface area contributed by atoms with Crippen LogP contribution in [-0.4, -0.2) is 31.6 Å². The number of hydrogen-bond acceptors (Lipinski definition) is 5. The quantitative estimate of drug-likeness (QED) is 0.799. The molecule has 0 radical (unpaired) electrons. The number of rotatable bonds is 3. The molecule has 0 bridgehead atoms. The summed E-state index contributed by atoms with van der Waals surface area (Å²) in [7, 11) is 1.78. The number of nitrogens with one attached hydrogen (secondary N) is 1. The maximum atomic E-state index is 4.47. The summed E-state index contributed by atoms with van der Waals surface area (Å²) in [5, 5.41) is 2.95. The lowest BCUT2D eigenvalue weighted by Crippen LogP contribution is -2.06. The van der Waals surface area contributed by atoms with Crippen LogP contribution in [0.15, 0.2) is 47.5 Å². The highest BCUT2D eigenvalue weighted by Crippen LogP contribution is 2.20. The lowest BCUT2D eigenvalue weighted by Gasteiger charge is -2.07. The molecule has 2 aromatic heterocycles. The van der Waals surface area contributed by atoms with Gasteiger partial charge in [-0.3, -0.25) is 4.57 Å². The number of halogens is 1. The van der Waals surface area contributed by atoms with E-state index in [1.54, 1.807) is 30.3 Å². The van der Waals surface area contributed by atoms with E-state index in [0.717, 1.165) is 10.0 Å². The molecule has 3 aromatic rings. The highest BCUT2D eigenvalue weighted by Gasteiger charge is 2.09. The Labute approximate surface area is 124 Å². The Hall–Kier alpha value is -2.28. The minimum absolute atomic E-state index is 0.515. The van der Waals surface area contributed by atoms with Gasteiger partial charge in [0.25, 0.3) is 0 Å². The second-order valence-electron chi connectivity index (χ2n) is 4.01. The molecule has 100 valence electrons. The smallest absolute Gasteiger partial charge is 0.240 e. The van der Waals surface area contributed by atoms with Gasteiger partial charge in [-0.15, -0.1) is 0 Å². The fraction of sp³-hybridized carbons (Fsp3) is 0.0769. The Morgan fingerprint density at radius 3 is 2.55 bits per heavy atom. The first-order valence-electron chi connectivity index (χ1n) is 5.94. The van der Waals surface area contributed by atoms with E-state index in [4.69, 9.17) is 0 Å². The van der Waals surface area contributed by atoms with Crippen LogP contribution < -0.4 is 5.32 Å². The van der Waals surface area contributed by atoms with Crippen LogP contribution in [-0.2, 0) is 0 Å². The van der Waals surface area contributed by atoms with E-state index in [1.165, 1.54) is 0 Å². The summed E-state index contributed by atoms with van der Waals surface area (Å²) in [4.78, 5) is 17.2. The highest BCUT2D eigenvalue weighted by molar-refractivity contribution is 9.10. The van der Waals surface area contributed by atoms with Crippen LogP contribution in [0.2, 0.25) is 0 Å². The maximum Gasteiger partial charge on any atom is 0.240 e. The summed E-state index contributed by atoms with van der Waals surface area (Å²) in [6, 6.07) is 7.82. The molecule has 0 spiro atoms. The van der Waals surface area contributed by atoms with Crippen LogP contribution in [0.3, 0.4) is 0 Å². The van der Waals surface area contributed by atoms with Gasteiger partial charge >= 0.3 is 0 Å². The Morgan fingerprint density at radius 1 is 1.10 bits per heavy atom. The third-order valence-corrected chi connectivity index (χ3v) is 3.21. The lowest BCUT2D eigenvalue weighted by molar-refractivity contribution is 0.902. The molecule has 0 saturated heterocycles. The van der Waals surface area contributed by atoms with Crippen molar-refractivity contribution < 1.29 is 0 Å². The lowest BCUT2D eigenvalue weighted by atomic mass is 10.2. The van der Waals surface area contributed by atoms with Gasteiger partial charge < -0.3 is 5.32 Å². The van der Waals surface area contributed by atoms with Gasteiger partial charge in [0, 0.05) is 29.5 Å². The van der Waals surface area contributed by atoms with Crippen molar-refractivity contribution in [3.63, 3.8) is 0 Å². The SMILES string of the molecule is CNc1nc(-c2ccc(Br)cc2)nc(-n2ccnc2)n1. The molecule has 1 N–H and O–H groups in total. The fourth-order valence-electron chi connectivity index (χ4n) is 1.70. The molecule has 0 unspecified atom stereocenters. The third kappa shape index (κ3) is 2.53. The summed E-state index contributed by atoms with van der Waals surface area (Å²) in [6.07, 6.45) is 5.13. The Bertz CT molecular complexity index is 708. The van der Waals surface area contributed by atoms with E-state index in [9.17, 15) is 0 Å². The molecule has 0 aliphatic rings. The Balaban J connectivity index is 2.11. The summed E-state index contributed by atoms with van der Waals surface area (Å²) in [6.45, 7) is 0. The summed E-state index contributed by atoms with van der Waals surface area (Å²) in [5.74, 6) is 1.65. The zero-order valence-electron chi connectivity index (χ0n) is 10.7. The highest BCUT2D eigenvalue weighted by atomic mass is 79.9. The number of aromatic nitrogens is 5. The molecular formula is C13H11BrN6. The van der Waals surface area contributed by atoms with E-state index in [-0.39, 0.29) is 0 Å². The van der Waals surface area contributed by atoms with Gasteiger partial charge in [0.15, 0.2) is 5.82 Å². The van der Waals surface area contributed by atoms with Gasteiger partial charge in [-0.2, -0.15) is 15.0 Å². The topological polar surface area (TPSA) is 68.5 Å². The Morgan fingerprint density at radius 2 is 1.90 bits per heavy atom. The normalized spacial score (nSPS) is 10.5. The first-order chi connectivity index (χ1) is 9.76. The number of imidazole rings is 1. The van der Waals surface area contributed by atoms with Crippen molar-refractivity contribution in [1.82, 2.24) is 24.5 Å². The van der Waals surface area contributed by atoms with Crippen molar-refractivity contribution in [3.8, 4) is 17.3 Å². The molecule has 2 heterocycles. The first-order valence-corrected chi connectivity index (χ1v) is 6.73. The van der Waals surface area contributed by atoms with Crippen LogP contribution in [0.5, 0.6) is 0 Å². The molecule has 6 nitrogen and oxygen atoms in total. The van der Waals surface area contributed by atoms with Gasteiger partial charge in [0.1, 0.15) is 6.33 Å². The van der Waals surface area contributed by atoms with Crippen molar-refractivity contribution in [3.05, 3.63) is 47.5 Å². The van der Waals surface area contributed by atoms with Gasteiger partial charge in [-0.05, 0) is 12.1 Å². The molecule has 0 amide bonds. The Kier molecular flexibility index (Phi) is 3.42. The number of anilines is 1. The predicted molar refractivity (Wildman–Crippen MR) is 79.6 cm³/mol. The van der Waals surface area contributed by atoms with Crippen LogP contribution in [0.4, 0.5) is 5.95 Å². The monoisotopic (exact) mass is 330 g/mol. The fourth-order valence-corrected chi connectivity index (χ4v) is 1.96. The zero-order chi connectivity index (χ0) is 13.9. The zero-order valence-corrected chi connectivity index (χ0v) is 12.2. The standard InChI is InChI=1S/C13H11BrN6/c1-15-12-17-11(9-2-4-10(14)5-3-9)18-13(19-12)20-7-6-16-8-20/h2-8H,1H3,(H,15,17,18,19). The largest absolute Gasteiger partial charge is 0.357 e. The first kappa shape index (κ1) is 12.7. The van der Waals surface area contributed by atoms with E-state index in [0.29, 0.717) is 17.7 Å². The summed E-state index contributed by atoms with van der Waals surface area (Å²) >= 11 is 3.41. The second kappa shape index (κ2) is 5.38. The van der Waals surface area contributed by atoms with Crippen molar-refractivity contribution >= 4 is 21.9 Å². The second-order valence-corrected chi connectivity index (χ2v) is 4.93. The molecular weight excluding hydrogens is 320 g/mol. The van der Waals surface area contributed by atoms with Gasteiger partial charge in [0.2, 0.25) is 11.9 Å². The number of benzene rings is 1. The van der Waals surface area contributed by atoms with Crippen molar-refractivity contribution in [2.24, 2.45) is 0 Å². The number of nitrogens with zero attached hydrogens (tertiary/aromatic N) is 5. The molecule has 0 aliphatic carbocycles. The molecule has 0 aliphatic heterocycles. The van der Waals surface area contributed by atoms with Crippen molar-refractivity contribution in [2.45, 2.75) is 0 Å². The van der Waals surface area contributed by atoms with Gasteiger partial charge in [0.05, 0.1) is 0 Å². The van der Waals surface area contributed by atoms with Gasteiger partial charge in [-0.1, -0.05) is 28.1 Å². The number of hydrogen-bond donors (Lipinski definition) is 1. The molecule has 0 saturated carbocycles.